The molecule has 152 valence electrons. The lowest BCUT2D eigenvalue weighted by Crippen LogP contribution is -2.27. The van der Waals surface area contributed by atoms with Crippen molar-refractivity contribution < 1.29 is 13.2 Å². The van der Waals surface area contributed by atoms with Gasteiger partial charge in [0.1, 0.15) is 0 Å². The van der Waals surface area contributed by atoms with E-state index in [4.69, 9.17) is 0 Å². The van der Waals surface area contributed by atoms with Gasteiger partial charge in [0, 0.05) is 12.1 Å². The molecule has 0 aliphatic carbocycles. The van der Waals surface area contributed by atoms with Gasteiger partial charge in [0.15, 0.2) is 0 Å². The van der Waals surface area contributed by atoms with E-state index in [1.165, 1.54) is 6.07 Å². The van der Waals surface area contributed by atoms with Gasteiger partial charge >= 0.3 is 0 Å². The molecule has 0 saturated carbocycles. The van der Waals surface area contributed by atoms with E-state index in [9.17, 15) is 13.2 Å². The normalized spacial score (nSPS) is 11.5. The second-order valence-electron chi connectivity index (χ2n) is 7.25. The molecule has 0 spiro atoms. The number of nitrogens with zero attached hydrogens (tertiary/aromatic N) is 1. The number of nitrogens with one attached hydrogen (secondary N) is 2. The molecule has 2 aromatic rings. The molecule has 0 saturated heterocycles. The molecule has 0 heterocycles. The molecule has 7 heteroatoms. The molecule has 1 amide bonds. The minimum Gasteiger partial charge on any atom is -0.352 e. The first-order chi connectivity index (χ1) is 13.1. The van der Waals surface area contributed by atoms with Crippen LogP contribution in [-0.2, 0) is 10.0 Å². The Bertz CT molecular complexity index is 953. The number of benzene rings is 2. The number of hydrogen-bond acceptors (Lipinski definition) is 4. The zero-order chi connectivity index (χ0) is 20.9. The van der Waals surface area contributed by atoms with Crippen molar-refractivity contribution in [2.45, 2.75) is 32.1 Å². The molecule has 0 aliphatic rings. The van der Waals surface area contributed by atoms with Gasteiger partial charge in [0.05, 0.1) is 10.6 Å². The predicted molar refractivity (Wildman–Crippen MR) is 113 cm³/mol. The Morgan fingerprint density at radius 3 is 2.43 bits per heavy atom. The lowest BCUT2D eigenvalue weighted by atomic mass is 10.1. The summed E-state index contributed by atoms with van der Waals surface area (Å²) >= 11 is 0. The van der Waals surface area contributed by atoms with Gasteiger partial charge < -0.3 is 10.2 Å². The SMILES string of the molecule is Cc1ccc(C(=O)NCCCN(C)C)cc1S(=O)(=O)Nc1cccc(C)c1C. The fourth-order valence-corrected chi connectivity index (χ4v) is 4.19. The van der Waals surface area contributed by atoms with E-state index in [0.717, 1.165) is 24.1 Å². The van der Waals surface area contributed by atoms with Crippen LogP contribution in [0.5, 0.6) is 0 Å². The van der Waals surface area contributed by atoms with Gasteiger partial charge in [-0.3, -0.25) is 9.52 Å². The number of rotatable bonds is 8. The number of carbonyl (C=O) groups excluding carboxylic acids is 1. The third-order valence-electron chi connectivity index (χ3n) is 4.66. The Morgan fingerprint density at radius 1 is 1.04 bits per heavy atom. The highest BCUT2D eigenvalue weighted by Crippen LogP contribution is 2.24. The molecule has 6 nitrogen and oxygen atoms in total. The minimum atomic E-state index is -3.81. The summed E-state index contributed by atoms with van der Waals surface area (Å²) in [4.78, 5) is 14.5. The second kappa shape index (κ2) is 9.21. The molecule has 0 radical (unpaired) electrons. The summed E-state index contributed by atoms with van der Waals surface area (Å²) in [5.74, 6) is -0.276. The Morgan fingerprint density at radius 2 is 1.75 bits per heavy atom. The van der Waals surface area contributed by atoms with Gasteiger partial charge in [0.2, 0.25) is 0 Å². The summed E-state index contributed by atoms with van der Waals surface area (Å²) in [6, 6.07) is 10.2. The van der Waals surface area contributed by atoms with Crippen LogP contribution < -0.4 is 10.0 Å². The Labute approximate surface area is 168 Å². The molecule has 2 N–H and O–H groups in total. The molecular formula is C21H29N3O3S. The zero-order valence-electron chi connectivity index (χ0n) is 17.2. The first-order valence-electron chi connectivity index (χ1n) is 9.24. The van der Waals surface area contributed by atoms with Gasteiger partial charge in [-0.2, -0.15) is 0 Å². The summed E-state index contributed by atoms with van der Waals surface area (Å²) < 4.78 is 28.5. The van der Waals surface area contributed by atoms with Crippen LogP contribution in [0, 0.1) is 20.8 Å². The standard InChI is InChI=1S/C21H29N3O3S/c1-15-8-6-9-19(17(15)3)23-28(26,27)20-14-18(11-10-16(20)2)21(25)22-12-7-13-24(4)5/h6,8-11,14,23H,7,12-13H2,1-5H3,(H,22,25). The van der Waals surface area contributed by atoms with Crippen molar-refractivity contribution in [2.24, 2.45) is 0 Å². The first kappa shape index (κ1) is 21.9. The second-order valence-corrected chi connectivity index (χ2v) is 8.90. The summed E-state index contributed by atoms with van der Waals surface area (Å²) in [5.41, 5.74) is 3.33. The molecule has 2 aromatic carbocycles. The van der Waals surface area contributed by atoms with E-state index < -0.39 is 10.0 Å². The highest BCUT2D eigenvalue weighted by atomic mass is 32.2. The van der Waals surface area contributed by atoms with Gasteiger partial charge in [0.25, 0.3) is 15.9 Å². The Hall–Kier alpha value is -2.38. The highest BCUT2D eigenvalue weighted by Gasteiger charge is 2.20. The number of aryl methyl sites for hydroxylation is 2. The lowest BCUT2D eigenvalue weighted by molar-refractivity contribution is 0.0952. The minimum absolute atomic E-state index is 0.106. The quantitative estimate of drug-likeness (QED) is 0.664. The molecule has 0 atom stereocenters. The van der Waals surface area contributed by atoms with Crippen LogP contribution in [0.4, 0.5) is 5.69 Å². The average Bonchev–Trinajstić information content (AvgIpc) is 2.62. The average molecular weight is 404 g/mol. The summed E-state index contributed by atoms with van der Waals surface area (Å²) in [6.07, 6.45) is 0.823. The maximum Gasteiger partial charge on any atom is 0.262 e. The van der Waals surface area contributed by atoms with Crippen LogP contribution in [0.1, 0.15) is 33.5 Å². The van der Waals surface area contributed by atoms with Crippen molar-refractivity contribution in [1.82, 2.24) is 10.2 Å². The van der Waals surface area contributed by atoms with Gasteiger partial charge in [-0.25, -0.2) is 8.42 Å². The van der Waals surface area contributed by atoms with E-state index in [2.05, 4.69) is 10.0 Å². The highest BCUT2D eigenvalue weighted by molar-refractivity contribution is 7.92. The van der Waals surface area contributed by atoms with Crippen LogP contribution in [0.15, 0.2) is 41.3 Å². The van der Waals surface area contributed by atoms with Crippen molar-refractivity contribution in [1.29, 1.82) is 0 Å². The molecular weight excluding hydrogens is 374 g/mol. The lowest BCUT2D eigenvalue weighted by Gasteiger charge is -2.15. The predicted octanol–water partition coefficient (Wildman–Crippen LogP) is 3.09. The Balaban J connectivity index is 2.21. The van der Waals surface area contributed by atoms with E-state index in [0.29, 0.717) is 23.4 Å². The fraction of sp³-hybridized carbons (Fsp3) is 0.381. The van der Waals surface area contributed by atoms with Crippen molar-refractivity contribution in [2.75, 3.05) is 31.9 Å². The van der Waals surface area contributed by atoms with E-state index in [1.807, 2.05) is 45.0 Å². The van der Waals surface area contributed by atoms with Gasteiger partial charge in [-0.1, -0.05) is 18.2 Å². The topological polar surface area (TPSA) is 78.5 Å². The smallest absolute Gasteiger partial charge is 0.262 e. The molecule has 28 heavy (non-hydrogen) atoms. The summed E-state index contributed by atoms with van der Waals surface area (Å²) in [5, 5.41) is 2.84. The van der Waals surface area contributed by atoms with E-state index in [-0.39, 0.29) is 10.8 Å². The van der Waals surface area contributed by atoms with Crippen LogP contribution in [0.2, 0.25) is 0 Å². The maximum absolute atomic E-state index is 12.9. The van der Waals surface area contributed by atoms with Crippen molar-refractivity contribution in [3.8, 4) is 0 Å². The van der Waals surface area contributed by atoms with E-state index >= 15 is 0 Å². The summed E-state index contributed by atoms with van der Waals surface area (Å²) in [6.45, 7) is 6.93. The molecule has 0 aromatic heterocycles. The monoisotopic (exact) mass is 403 g/mol. The van der Waals surface area contributed by atoms with Crippen LogP contribution >= 0.6 is 0 Å². The van der Waals surface area contributed by atoms with Crippen molar-refractivity contribution >= 4 is 21.6 Å². The Kier molecular flexibility index (Phi) is 7.21. The third-order valence-corrected chi connectivity index (χ3v) is 6.16. The maximum atomic E-state index is 12.9. The van der Waals surface area contributed by atoms with Gasteiger partial charge in [-0.15, -0.1) is 0 Å². The number of amides is 1. The molecule has 0 unspecified atom stereocenters. The first-order valence-corrected chi connectivity index (χ1v) is 10.7. The van der Waals surface area contributed by atoms with Crippen LogP contribution in [0.3, 0.4) is 0 Å². The van der Waals surface area contributed by atoms with Gasteiger partial charge in [-0.05, 0) is 82.7 Å². The van der Waals surface area contributed by atoms with E-state index in [1.54, 1.807) is 25.1 Å². The van der Waals surface area contributed by atoms with Crippen molar-refractivity contribution in [3.05, 3.63) is 58.7 Å². The number of hydrogen-bond donors (Lipinski definition) is 2. The number of carbonyl (C=O) groups is 1. The zero-order valence-corrected chi connectivity index (χ0v) is 18.0. The summed E-state index contributed by atoms with van der Waals surface area (Å²) in [7, 11) is 0.136. The third kappa shape index (κ3) is 5.56. The molecule has 2 rings (SSSR count). The van der Waals surface area contributed by atoms with Crippen LogP contribution in [-0.4, -0.2) is 46.4 Å². The van der Waals surface area contributed by atoms with Crippen LogP contribution in [0.25, 0.3) is 0 Å². The number of sulfonamides is 1. The van der Waals surface area contributed by atoms with Crippen molar-refractivity contribution in [3.63, 3.8) is 0 Å². The largest absolute Gasteiger partial charge is 0.352 e. The molecule has 0 bridgehead atoms. The number of anilines is 1. The fourth-order valence-electron chi connectivity index (χ4n) is 2.79. The molecule has 0 fully saturated rings. The molecule has 0 aliphatic heterocycles.